The highest BCUT2D eigenvalue weighted by atomic mass is 35.5. The smallest absolute Gasteiger partial charge is 0.0802 e. The van der Waals surface area contributed by atoms with Gasteiger partial charge in [-0.15, -0.1) is 12.4 Å². The number of hydrogen-bond donors (Lipinski definition) is 1. The maximum atomic E-state index is 5.73. The lowest BCUT2D eigenvalue weighted by molar-refractivity contribution is -0.128. The Morgan fingerprint density at radius 1 is 1.25 bits per heavy atom. The molecule has 3 nitrogen and oxygen atoms in total. The van der Waals surface area contributed by atoms with E-state index in [1.165, 1.54) is 25.9 Å². The van der Waals surface area contributed by atoms with Crippen LogP contribution in [0.25, 0.3) is 0 Å². The monoisotopic (exact) mass is 192 g/mol. The van der Waals surface area contributed by atoms with Crippen molar-refractivity contribution in [2.24, 2.45) is 5.73 Å². The first kappa shape index (κ1) is 10.3. The van der Waals surface area contributed by atoms with Crippen LogP contribution in [0, 0.1) is 0 Å². The van der Waals surface area contributed by atoms with Gasteiger partial charge < -0.3 is 10.5 Å². The Hall–Kier alpha value is 0.170. The van der Waals surface area contributed by atoms with Crippen LogP contribution in [-0.4, -0.2) is 43.3 Å². The molecule has 0 aromatic heterocycles. The van der Waals surface area contributed by atoms with E-state index in [9.17, 15) is 0 Å². The molecular formula is C8H17ClN2O. The van der Waals surface area contributed by atoms with Crippen molar-refractivity contribution in [3.63, 3.8) is 0 Å². The molecule has 0 bridgehead atoms. The fraction of sp³-hybridized carbons (Fsp3) is 1.00. The summed E-state index contributed by atoms with van der Waals surface area (Å²) >= 11 is 0. The van der Waals surface area contributed by atoms with Crippen LogP contribution < -0.4 is 5.73 Å². The molecule has 2 N–H and O–H groups in total. The van der Waals surface area contributed by atoms with Gasteiger partial charge in [-0.1, -0.05) is 0 Å². The predicted molar refractivity (Wildman–Crippen MR) is 50.7 cm³/mol. The third-order valence-corrected chi connectivity index (χ3v) is 2.90. The molecule has 0 aromatic carbocycles. The van der Waals surface area contributed by atoms with E-state index in [0.29, 0.717) is 0 Å². The summed E-state index contributed by atoms with van der Waals surface area (Å²) in [7, 11) is 0. The highest BCUT2D eigenvalue weighted by molar-refractivity contribution is 5.85. The zero-order valence-electron chi connectivity index (χ0n) is 7.29. The molecule has 0 radical (unpaired) electrons. The fourth-order valence-electron chi connectivity index (χ4n) is 1.96. The van der Waals surface area contributed by atoms with E-state index in [1.54, 1.807) is 0 Å². The van der Waals surface area contributed by atoms with Gasteiger partial charge in [-0.3, -0.25) is 4.90 Å². The Morgan fingerprint density at radius 2 is 1.83 bits per heavy atom. The highest BCUT2D eigenvalue weighted by Crippen LogP contribution is 2.27. The van der Waals surface area contributed by atoms with E-state index < -0.39 is 0 Å². The standard InChI is InChI=1S/C8H16N2O.ClH/c9-5-8(6-11-7-8)10-3-1-2-4-10;/h1-7,9H2;1H. The Balaban J connectivity index is 0.000000720. The molecule has 12 heavy (non-hydrogen) atoms. The summed E-state index contributed by atoms with van der Waals surface area (Å²) in [6.07, 6.45) is 2.67. The maximum Gasteiger partial charge on any atom is 0.0802 e. The number of hydrogen-bond acceptors (Lipinski definition) is 3. The van der Waals surface area contributed by atoms with Gasteiger partial charge in [-0.2, -0.15) is 0 Å². The number of halogens is 1. The summed E-state index contributed by atoms with van der Waals surface area (Å²) < 4.78 is 5.22. The van der Waals surface area contributed by atoms with Gasteiger partial charge in [0.25, 0.3) is 0 Å². The molecule has 0 spiro atoms. The van der Waals surface area contributed by atoms with Crippen LogP contribution in [0.2, 0.25) is 0 Å². The Morgan fingerprint density at radius 3 is 2.17 bits per heavy atom. The minimum absolute atomic E-state index is 0. The third kappa shape index (κ3) is 1.46. The molecule has 2 heterocycles. The number of rotatable bonds is 2. The fourth-order valence-corrected chi connectivity index (χ4v) is 1.96. The van der Waals surface area contributed by atoms with E-state index in [1.807, 2.05) is 0 Å². The summed E-state index contributed by atoms with van der Waals surface area (Å²) in [5.74, 6) is 0. The molecule has 0 aromatic rings. The molecular weight excluding hydrogens is 176 g/mol. The van der Waals surface area contributed by atoms with Crippen molar-refractivity contribution in [1.29, 1.82) is 0 Å². The topological polar surface area (TPSA) is 38.5 Å². The largest absolute Gasteiger partial charge is 0.377 e. The summed E-state index contributed by atoms with van der Waals surface area (Å²) in [5.41, 5.74) is 5.96. The van der Waals surface area contributed by atoms with Crippen molar-refractivity contribution in [2.45, 2.75) is 18.4 Å². The van der Waals surface area contributed by atoms with Crippen molar-refractivity contribution in [1.82, 2.24) is 4.90 Å². The summed E-state index contributed by atoms with van der Waals surface area (Å²) in [5, 5.41) is 0. The Kier molecular flexibility index (Phi) is 3.35. The number of nitrogens with two attached hydrogens (primary N) is 1. The third-order valence-electron chi connectivity index (χ3n) is 2.90. The van der Waals surface area contributed by atoms with Crippen molar-refractivity contribution in [3.8, 4) is 0 Å². The number of likely N-dealkylation sites (tertiary alicyclic amines) is 1. The molecule has 0 unspecified atom stereocenters. The zero-order chi connectivity index (χ0) is 7.73. The first-order valence-electron chi connectivity index (χ1n) is 4.40. The zero-order valence-corrected chi connectivity index (χ0v) is 8.11. The van der Waals surface area contributed by atoms with Gasteiger partial charge in [0.05, 0.1) is 18.8 Å². The van der Waals surface area contributed by atoms with Crippen LogP contribution in [0.15, 0.2) is 0 Å². The molecule has 0 aliphatic carbocycles. The molecule has 72 valence electrons. The van der Waals surface area contributed by atoms with Crippen molar-refractivity contribution in [3.05, 3.63) is 0 Å². The molecule has 0 amide bonds. The summed E-state index contributed by atoms with van der Waals surface area (Å²) in [4.78, 5) is 2.50. The maximum absolute atomic E-state index is 5.73. The van der Waals surface area contributed by atoms with Crippen LogP contribution in [0.5, 0.6) is 0 Å². The van der Waals surface area contributed by atoms with Crippen molar-refractivity contribution < 1.29 is 4.74 Å². The Labute approximate surface area is 79.6 Å². The van der Waals surface area contributed by atoms with E-state index in [4.69, 9.17) is 10.5 Å². The lowest BCUT2D eigenvalue weighted by Crippen LogP contribution is -2.65. The second-order valence-electron chi connectivity index (χ2n) is 3.62. The van der Waals surface area contributed by atoms with E-state index >= 15 is 0 Å². The van der Waals surface area contributed by atoms with E-state index in [0.717, 1.165) is 19.8 Å². The summed E-state index contributed by atoms with van der Waals surface area (Å²) in [6.45, 7) is 4.90. The van der Waals surface area contributed by atoms with Gasteiger partial charge in [-0.25, -0.2) is 0 Å². The molecule has 2 saturated heterocycles. The van der Waals surface area contributed by atoms with Crippen LogP contribution in [0.1, 0.15) is 12.8 Å². The summed E-state index contributed by atoms with van der Waals surface area (Å²) in [6, 6.07) is 0. The van der Waals surface area contributed by atoms with Crippen LogP contribution in [-0.2, 0) is 4.74 Å². The van der Waals surface area contributed by atoms with Gasteiger partial charge in [-0.05, 0) is 25.9 Å². The van der Waals surface area contributed by atoms with Gasteiger partial charge in [0, 0.05) is 6.54 Å². The van der Waals surface area contributed by atoms with Gasteiger partial charge in [0.2, 0.25) is 0 Å². The lowest BCUT2D eigenvalue weighted by atomic mass is 9.96. The minimum Gasteiger partial charge on any atom is -0.377 e. The molecule has 2 rings (SSSR count). The first-order valence-corrected chi connectivity index (χ1v) is 4.40. The minimum atomic E-state index is 0. The predicted octanol–water partition coefficient (Wildman–Crippen LogP) is 0.232. The first-order chi connectivity index (χ1) is 5.37. The van der Waals surface area contributed by atoms with Crippen molar-refractivity contribution >= 4 is 12.4 Å². The second kappa shape index (κ2) is 3.92. The second-order valence-corrected chi connectivity index (χ2v) is 3.62. The van der Waals surface area contributed by atoms with Crippen molar-refractivity contribution in [2.75, 3.05) is 32.8 Å². The molecule has 0 saturated carbocycles. The normalized spacial score (nSPS) is 27.8. The highest BCUT2D eigenvalue weighted by Gasteiger charge is 2.43. The van der Waals surface area contributed by atoms with Gasteiger partial charge in [0.1, 0.15) is 0 Å². The molecule has 2 aliphatic rings. The molecule has 2 aliphatic heterocycles. The molecule has 0 atom stereocenters. The van der Waals surface area contributed by atoms with Gasteiger partial charge in [0.15, 0.2) is 0 Å². The average Bonchev–Trinajstić information content (AvgIpc) is 2.39. The van der Waals surface area contributed by atoms with Crippen LogP contribution >= 0.6 is 12.4 Å². The number of ether oxygens (including phenoxy) is 1. The molecule has 4 heteroatoms. The lowest BCUT2D eigenvalue weighted by Gasteiger charge is -2.47. The van der Waals surface area contributed by atoms with Crippen LogP contribution in [0.4, 0.5) is 0 Å². The van der Waals surface area contributed by atoms with E-state index in [2.05, 4.69) is 4.90 Å². The SMILES string of the molecule is Cl.NCC1(N2CCCC2)COC1. The molecule has 2 fully saturated rings. The van der Waals surface area contributed by atoms with Gasteiger partial charge >= 0.3 is 0 Å². The Bertz CT molecular complexity index is 138. The average molecular weight is 193 g/mol. The van der Waals surface area contributed by atoms with E-state index in [-0.39, 0.29) is 17.9 Å². The quantitative estimate of drug-likeness (QED) is 0.681. The van der Waals surface area contributed by atoms with Crippen LogP contribution in [0.3, 0.4) is 0 Å². The number of nitrogens with zero attached hydrogens (tertiary/aromatic N) is 1.